The summed E-state index contributed by atoms with van der Waals surface area (Å²) in [6, 6.07) is 9.72. The first-order chi connectivity index (χ1) is 12.8. The van der Waals surface area contributed by atoms with Gasteiger partial charge in [-0.25, -0.2) is 0 Å². The van der Waals surface area contributed by atoms with Gasteiger partial charge < -0.3 is 14.2 Å². The van der Waals surface area contributed by atoms with Gasteiger partial charge in [-0.3, -0.25) is 4.79 Å². The molecule has 144 valence electrons. The van der Waals surface area contributed by atoms with Crippen molar-refractivity contribution in [1.29, 1.82) is 0 Å². The van der Waals surface area contributed by atoms with Gasteiger partial charge in [0, 0.05) is 5.56 Å². The van der Waals surface area contributed by atoms with Crippen molar-refractivity contribution in [2.24, 2.45) is 0 Å². The Morgan fingerprint density at radius 3 is 2.48 bits per heavy atom. The molecule has 27 heavy (non-hydrogen) atoms. The van der Waals surface area contributed by atoms with Gasteiger partial charge in [0.15, 0.2) is 0 Å². The zero-order valence-corrected chi connectivity index (χ0v) is 16.8. The predicted molar refractivity (Wildman–Crippen MR) is 105 cm³/mol. The van der Waals surface area contributed by atoms with E-state index in [9.17, 15) is 4.79 Å². The molecule has 1 atom stereocenters. The number of carbonyl (C=O) groups is 1. The van der Waals surface area contributed by atoms with E-state index in [2.05, 4.69) is 13.8 Å². The maximum atomic E-state index is 12.4. The second-order valence-electron chi connectivity index (χ2n) is 7.59. The highest BCUT2D eigenvalue weighted by molar-refractivity contribution is 5.71. The van der Waals surface area contributed by atoms with Crippen LogP contribution in [0.25, 0.3) is 0 Å². The first-order valence-corrected chi connectivity index (χ1v) is 9.40. The van der Waals surface area contributed by atoms with Crippen molar-refractivity contribution in [3.63, 3.8) is 0 Å². The molecule has 3 rings (SSSR count). The van der Waals surface area contributed by atoms with Gasteiger partial charge in [0.25, 0.3) is 0 Å². The normalized spacial score (nSPS) is 18.4. The molecule has 1 aliphatic rings. The van der Waals surface area contributed by atoms with Crippen LogP contribution in [0.3, 0.4) is 0 Å². The summed E-state index contributed by atoms with van der Waals surface area (Å²) in [5, 5.41) is 0. The van der Waals surface area contributed by atoms with Crippen molar-refractivity contribution < 1.29 is 19.0 Å². The maximum absolute atomic E-state index is 12.4. The van der Waals surface area contributed by atoms with E-state index in [1.165, 1.54) is 5.56 Å². The molecule has 0 spiro atoms. The lowest BCUT2D eigenvalue weighted by molar-refractivity contribution is -0.149. The second-order valence-corrected chi connectivity index (χ2v) is 7.59. The third-order valence-corrected chi connectivity index (χ3v) is 5.53. The number of carbonyl (C=O) groups excluding carboxylic acids is 1. The van der Waals surface area contributed by atoms with Crippen LogP contribution in [0.1, 0.15) is 47.6 Å². The van der Waals surface area contributed by atoms with E-state index < -0.39 is 5.60 Å². The third-order valence-electron chi connectivity index (χ3n) is 5.53. The largest absolute Gasteiger partial charge is 0.496 e. The lowest BCUT2D eigenvalue weighted by Crippen LogP contribution is -2.39. The molecule has 4 nitrogen and oxygen atoms in total. The van der Waals surface area contributed by atoms with Crippen LogP contribution < -0.4 is 9.47 Å². The van der Waals surface area contributed by atoms with E-state index >= 15 is 0 Å². The topological polar surface area (TPSA) is 44.8 Å². The van der Waals surface area contributed by atoms with E-state index in [0.29, 0.717) is 6.61 Å². The molecule has 0 fully saturated rings. The lowest BCUT2D eigenvalue weighted by atomic mass is 9.85. The van der Waals surface area contributed by atoms with Crippen LogP contribution >= 0.6 is 0 Å². The zero-order chi connectivity index (χ0) is 19.6. The van der Waals surface area contributed by atoms with Crippen LogP contribution in [0.2, 0.25) is 0 Å². The summed E-state index contributed by atoms with van der Waals surface area (Å²) in [7, 11) is 1.71. The Hall–Kier alpha value is -2.49. The summed E-state index contributed by atoms with van der Waals surface area (Å²) < 4.78 is 17.4. The second kappa shape index (κ2) is 7.63. The van der Waals surface area contributed by atoms with Crippen LogP contribution in [-0.4, -0.2) is 18.7 Å². The average Bonchev–Trinajstić information content (AvgIpc) is 2.65. The van der Waals surface area contributed by atoms with Gasteiger partial charge in [-0.15, -0.1) is 0 Å². The Kier molecular flexibility index (Phi) is 5.45. The van der Waals surface area contributed by atoms with Gasteiger partial charge in [0.05, 0.1) is 13.5 Å². The minimum atomic E-state index is -0.557. The molecule has 0 amide bonds. The van der Waals surface area contributed by atoms with Crippen LogP contribution in [0, 0.1) is 20.8 Å². The average molecular weight is 368 g/mol. The fraction of sp³-hybridized carbons (Fsp3) is 0.435. The highest BCUT2D eigenvalue weighted by atomic mass is 16.5. The van der Waals surface area contributed by atoms with Crippen molar-refractivity contribution in [3.05, 3.63) is 58.1 Å². The number of hydrogen-bond acceptors (Lipinski definition) is 4. The Balaban J connectivity index is 1.73. The summed E-state index contributed by atoms with van der Waals surface area (Å²) in [6.45, 7) is 8.46. The molecule has 2 aromatic carbocycles. The lowest BCUT2D eigenvalue weighted by Gasteiger charge is -2.37. The number of rotatable bonds is 5. The molecule has 4 heteroatoms. The van der Waals surface area contributed by atoms with Crippen molar-refractivity contribution in [2.75, 3.05) is 7.11 Å². The van der Waals surface area contributed by atoms with Crippen molar-refractivity contribution in [2.45, 2.75) is 59.2 Å². The number of hydrogen-bond donors (Lipinski definition) is 0. The van der Waals surface area contributed by atoms with Crippen molar-refractivity contribution in [3.8, 4) is 11.5 Å². The maximum Gasteiger partial charge on any atom is 0.310 e. The first-order valence-electron chi connectivity index (χ1n) is 9.40. The third kappa shape index (κ3) is 3.95. The summed E-state index contributed by atoms with van der Waals surface area (Å²) in [4.78, 5) is 12.4. The Morgan fingerprint density at radius 1 is 1.11 bits per heavy atom. The molecule has 0 bridgehead atoms. The molecule has 0 saturated heterocycles. The molecular formula is C23H28O4. The predicted octanol–water partition coefficient (Wildman–Crippen LogP) is 4.84. The van der Waals surface area contributed by atoms with Gasteiger partial charge >= 0.3 is 5.97 Å². The molecule has 0 unspecified atom stereocenters. The minimum absolute atomic E-state index is 0.232. The highest BCUT2D eigenvalue weighted by Gasteiger charge is 2.37. The standard InChI is InChI=1S/C23H28O4/c1-15-16(2)22-19(17(3)21(15)25-5)11-12-23(4,27-22)13-20(24)26-14-18-9-7-6-8-10-18/h6-10H,11-14H2,1-5H3/t23-/m0/s1. The quantitative estimate of drug-likeness (QED) is 0.709. The van der Waals surface area contributed by atoms with Gasteiger partial charge in [-0.1, -0.05) is 30.3 Å². The first kappa shape index (κ1) is 19.3. The van der Waals surface area contributed by atoms with Gasteiger partial charge in [0.1, 0.15) is 23.7 Å². The Labute approximate surface area is 161 Å². The number of esters is 1. The van der Waals surface area contributed by atoms with Crippen LogP contribution in [-0.2, 0) is 22.6 Å². The number of benzene rings is 2. The fourth-order valence-electron chi connectivity index (χ4n) is 3.81. The summed E-state index contributed by atoms with van der Waals surface area (Å²) >= 11 is 0. The Morgan fingerprint density at radius 2 is 1.81 bits per heavy atom. The number of fused-ring (bicyclic) bond motifs is 1. The molecule has 0 aromatic heterocycles. The zero-order valence-electron chi connectivity index (χ0n) is 16.8. The van der Waals surface area contributed by atoms with Crippen LogP contribution in [0.5, 0.6) is 11.5 Å². The summed E-state index contributed by atoms with van der Waals surface area (Å²) in [5.74, 6) is 1.60. The fourth-order valence-corrected chi connectivity index (χ4v) is 3.81. The minimum Gasteiger partial charge on any atom is -0.496 e. The molecule has 0 N–H and O–H groups in total. The van der Waals surface area contributed by atoms with Gasteiger partial charge in [0.2, 0.25) is 0 Å². The summed E-state index contributed by atoms with van der Waals surface area (Å²) in [6.07, 6.45) is 1.87. The molecule has 1 aliphatic heterocycles. The monoisotopic (exact) mass is 368 g/mol. The van der Waals surface area contributed by atoms with Crippen molar-refractivity contribution >= 4 is 5.97 Å². The molecule has 0 aliphatic carbocycles. The van der Waals surface area contributed by atoms with E-state index in [0.717, 1.165) is 46.6 Å². The SMILES string of the molecule is COc1c(C)c(C)c2c(c1C)CC[C@@](C)(CC(=O)OCc1ccccc1)O2. The van der Waals surface area contributed by atoms with E-state index in [1.807, 2.05) is 44.2 Å². The molecule has 1 heterocycles. The number of ether oxygens (including phenoxy) is 3. The summed E-state index contributed by atoms with van der Waals surface area (Å²) in [5.41, 5.74) is 4.91. The molecule has 0 radical (unpaired) electrons. The number of methoxy groups -OCH3 is 1. The molecule has 0 saturated carbocycles. The smallest absolute Gasteiger partial charge is 0.310 e. The van der Waals surface area contributed by atoms with Gasteiger partial charge in [-0.05, 0) is 62.8 Å². The van der Waals surface area contributed by atoms with Crippen LogP contribution in [0.15, 0.2) is 30.3 Å². The molecular weight excluding hydrogens is 340 g/mol. The van der Waals surface area contributed by atoms with Gasteiger partial charge in [-0.2, -0.15) is 0 Å². The van der Waals surface area contributed by atoms with E-state index in [1.54, 1.807) is 7.11 Å². The molecule has 2 aromatic rings. The van der Waals surface area contributed by atoms with E-state index in [-0.39, 0.29) is 12.4 Å². The highest BCUT2D eigenvalue weighted by Crippen LogP contribution is 2.44. The van der Waals surface area contributed by atoms with Crippen LogP contribution in [0.4, 0.5) is 0 Å². The van der Waals surface area contributed by atoms with Crippen molar-refractivity contribution in [1.82, 2.24) is 0 Å². The Bertz CT molecular complexity index is 841. The van der Waals surface area contributed by atoms with E-state index in [4.69, 9.17) is 14.2 Å².